The summed E-state index contributed by atoms with van der Waals surface area (Å²) in [6, 6.07) is 7.87. The van der Waals surface area contributed by atoms with E-state index in [1.54, 1.807) is 37.3 Å². The monoisotopic (exact) mass is 356 g/mol. The Kier molecular flexibility index (Phi) is 10.7. The molecule has 23 heavy (non-hydrogen) atoms. The highest BCUT2D eigenvalue weighted by atomic mass is 35.5. The van der Waals surface area contributed by atoms with Crippen LogP contribution < -0.4 is 10.6 Å². The third kappa shape index (κ3) is 8.38. The standard InChI is InChI=1S/C12H10Cl2N4O.2C2H6/c1-7-6-10(14)17-11(15-7)18-12(19)16-9-4-2-8(13)3-5-9;2*1-2/h2-6H,1H3,(H2,15,16,17,18,19);2*1-2H3. The summed E-state index contributed by atoms with van der Waals surface area (Å²) in [6.07, 6.45) is 0. The number of hydrogen-bond donors (Lipinski definition) is 2. The van der Waals surface area contributed by atoms with Gasteiger partial charge in [0, 0.05) is 16.4 Å². The third-order valence-electron chi connectivity index (χ3n) is 2.15. The summed E-state index contributed by atoms with van der Waals surface area (Å²) in [7, 11) is 0. The molecule has 2 aromatic rings. The van der Waals surface area contributed by atoms with E-state index in [1.807, 2.05) is 27.7 Å². The van der Waals surface area contributed by atoms with Crippen LogP contribution in [-0.2, 0) is 0 Å². The van der Waals surface area contributed by atoms with Gasteiger partial charge < -0.3 is 5.32 Å². The molecule has 126 valence electrons. The van der Waals surface area contributed by atoms with Gasteiger partial charge in [0.15, 0.2) is 0 Å². The van der Waals surface area contributed by atoms with Crippen LogP contribution in [0.15, 0.2) is 30.3 Å². The van der Waals surface area contributed by atoms with E-state index in [1.165, 1.54) is 0 Å². The van der Waals surface area contributed by atoms with E-state index in [0.717, 1.165) is 0 Å². The summed E-state index contributed by atoms with van der Waals surface area (Å²) in [4.78, 5) is 19.6. The first-order chi connectivity index (χ1) is 11.0. The van der Waals surface area contributed by atoms with Gasteiger partial charge in [0.05, 0.1) is 0 Å². The Morgan fingerprint density at radius 1 is 0.957 bits per heavy atom. The van der Waals surface area contributed by atoms with Crippen molar-refractivity contribution in [2.75, 3.05) is 10.6 Å². The number of aryl methyl sites for hydroxylation is 1. The van der Waals surface area contributed by atoms with E-state index in [4.69, 9.17) is 23.2 Å². The molecule has 0 aliphatic heterocycles. The molecule has 7 heteroatoms. The van der Waals surface area contributed by atoms with E-state index in [-0.39, 0.29) is 11.1 Å². The molecule has 0 bridgehead atoms. The number of nitrogens with one attached hydrogen (secondary N) is 2. The van der Waals surface area contributed by atoms with Gasteiger partial charge in [-0.1, -0.05) is 50.9 Å². The molecule has 0 spiro atoms. The van der Waals surface area contributed by atoms with Crippen LogP contribution in [0, 0.1) is 6.92 Å². The summed E-state index contributed by atoms with van der Waals surface area (Å²) in [5.41, 5.74) is 1.28. The van der Waals surface area contributed by atoms with Crippen molar-refractivity contribution in [3.63, 3.8) is 0 Å². The molecule has 5 nitrogen and oxygen atoms in total. The van der Waals surface area contributed by atoms with Crippen molar-refractivity contribution in [2.45, 2.75) is 34.6 Å². The Morgan fingerprint density at radius 3 is 2.04 bits per heavy atom. The lowest BCUT2D eigenvalue weighted by atomic mass is 10.3. The molecule has 2 amide bonds. The fraction of sp³-hybridized carbons (Fsp3) is 0.312. The van der Waals surface area contributed by atoms with Crippen molar-refractivity contribution < 1.29 is 4.79 Å². The number of carbonyl (C=O) groups excluding carboxylic acids is 1. The van der Waals surface area contributed by atoms with Crippen molar-refractivity contribution in [3.05, 3.63) is 46.2 Å². The van der Waals surface area contributed by atoms with Gasteiger partial charge in [0.2, 0.25) is 5.95 Å². The average Bonchev–Trinajstić information content (AvgIpc) is 2.52. The van der Waals surface area contributed by atoms with Gasteiger partial charge in [-0.15, -0.1) is 0 Å². The minimum atomic E-state index is -0.455. The smallest absolute Gasteiger partial charge is 0.308 e. The van der Waals surface area contributed by atoms with Crippen molar-refractivity contribution >= 4 is 40.9 Å². The zero-order chi connectivity index (χ0) is 17.8. The molecule has 2 N–H and O–H groups in total. The second-order valence-corrected chi connectivity index (χ2v) is 4.57. The van der Waals surface area contributed by atoms with E-state index in [9.17, 15) is 4.79 Å². The predicted molar refractivity (Wildman–Crippen MR) is 98.6 cm³/mol. The van der Waals surface area contributed by atoms with Crippen LogP contribution in [-0.4, -0.2) is 16.0 Å². The average molecular weight is 357 g/mol. The maximum absolute atomic E-state index is 11.7. The lowest BCUT2D eigenvalue weighted by Gasteiger charge is -2.07. The molecular weight excluding hydrogens is 335 g/mol. The molecule has 0 saturated heterocycles. The molecule has 1 aromatic carbocycles. The van der Waals surface area contributed by atoms with Crippen LogP contribution in [0.5, 0.6) is 0 Å². The minimum absolute atomic E-state index is 0.150. The van der Waals surface area contributed by atoms with Gasteiger partial charge in [-0.2, -0.15) is 0 Å². The molecule has 0 atom stereocenters. The second kappa shape index (κ2) is 11.7. The van der Waals surface area contributed by atoms with E-state index < -0.39 is 6.03 Å². The van der Waals surface area contributed by atoms with Gasteiger partial charge in [-0.25, -0.2) is 14.8 Å². The van der Waals surface area contributed by atoms with Crippen molar-refractivity contribution in [1.82, 2.24) is 9.97 Å². The van der Waals surface area contributed by atoms with Crippen LogP contribution in [0.3, 0.4) is 0 Å². The highest BCUT2D eigenvalue weighted by Gasteiger charge is 2.06. The Morgan fingerprint density at radius 2 is 1.52 bits per heavy atom. The maximum atomic E-state index is 11.7. The third-order valence-corrected chi connectivity index (χ3v) is 2.60. The normalized spacial score (nSPS) is 8.83. The first-order valence-electron chi connectivity index (χ1n) is 7.38. The van der Waals surface area contributed by atoms with Gasteiger partial charge in [0.25, 0.3) is 0 Å². The highest BCUT2D eigenvalue weighted by molar-refractivity contribution is 6.30. The number of aromatic nitrogens is 2. The van der Waals surface area contributed by atoms with Crippen LogP contribution in [0.25, 0.3) is 0 Å². The SMILES string of the molecule is CC.CC.Cc1cc(Cl)nc(NC(=O)Nc2ccc(Cl)cc2)n1. The quantitative estimate of drug-likeness (QED) is 0.669. The summed E-state index contributed by atoms with van der Waals surface area (Å²) in [6.45, 7) is 9.76. The first kappa shape index (κ1) is 21.1. The Bertz CT molecular complexity index is 583. The summed E-state index contributed by atoms with van der Waals surface area (Å²) in [5.74, 6) is 0.150. The number of anilines is 2. The van der Waals surface area contributed by atoms with E-state index >= 15 is 0 Å². The topological polar surface area (TPSA) is 66.9 Å². The molecule has 1 heterocycles. The number of amides is 2. The Hall–Kier alpha value is -1.85. The predicted octanol–water partition coefficient (Wildman–Crippen LogP) is 5.79. The lowest BCUT2D eigenvalue weighted by Crippen LogP contribution is -2.21. The van der Waals surface area contributed by atoms with Crippen LogP contribution in [0.4, 0.5) is 16.4 Å². The number of carbonyl (C=O) groups is 1. The molecule has 0 radical (unpaired) electrons. The largest absolute Gasteiger partial charge is 0.326 e. The lowest BCUT2D eigenvalue weighted by molar-refractivity contribution is 0.262. The number of rotatable bonds is 2. The fourth-order valence-electron chi connectivity index (χ4n) is 1.38. The van der Waals surface area contributed by atoms with Crippen molar-refractivity contribution in [2.24, 2.45) is 0 Å². The molecule has 1 aromatic heterocycles. The summed E-state index contributed by atoms with van der Waals surface area (Å²) in [5, 5.41) is 5.99. The number of urea groups is 1. The molecule has 0 fully saturated rings. The Balaban J connectivity index is 0.00000112. The summed E-state index contributed by atoms with van der Waals surface area (Å²) < 4.78 is 0. The molecular formula is C16H22Cl2N4O. The van der Waals surface area contributed by atoms with Crippen molar-refractivity contribution in [3.8, 4) is 0 Å². The number of nitrogens with zero attached hydrogens (tertiary/aromatic N) is 2. The molecule has 0 saturated carbocycles. The van der Waals surface area contributed by atoms with Gasteiger partial charge >= 0.3 is 6.03 Å². The first-order valence-corrected chi connectivity index (χ1v) is 8.13. The molecule has 0 unspecified atom stereocenters. The number of halogens is 2. The van der Waals surface area contributed by atoms with Gasteiger partial charge in [-0.3, -0.25) is 5.32 Å². The second-order valence-electron chi connectivity index (χ2n) is 3.74. The maximum Gasteiger partial charge on any atom is 0.326 e. The van der Waals surface area contributed by atoms with E-state index in [0.29, 0.717) is 16.4 Å². The number of benzene rings is 1. The van der Waals surface area contributed by atoms with Gasteiger partial charge in [-0.05, 0) is 37.3 Å². The van der Waals surface area contributed by atoms with Gasteiger partial charge in [0.1, 0.15) is 5.15 Å². The molecule has 0 aliphatic carbocycles. The highest BCUT2D eigenvalue weighted by Crippen LogP contribution is 2.14. The summed E-state index contributed by atoms with van der Waals surface area (Å²) >= 11 is 11.5. The molecule has 0 aliphatic rings. The van der Waals surface area contributed by atoms with E-state index in [2.05, 4.69) is 20.6 Å². The fourth-order valence-corrected chi connectivity index (χ4v) is 1.75. The zero-order valence-electron chi connectivity index (χ0n) is 13.9. The van der Waals surface area contributed by atoms with Crippen LogP contribution in [0.2, 0.25) is 10.2 Å². The van der Waals surface area contributed by atoms with Crippen molar-refractivity contribution in [1.29, 1.82) is 0 Å². The zero-order valence-corrected chi connectivity index (χ0v) is 15.5. The Labute approximate surface area is 147 Å². The van der Waals surface area contributed by atoms with Crippen LogP contribution in [0.1, 0.15) is 33.4 Å². The minimum Gasteiger partial charge on any atom is -0.308 e. The number of hydrogen-bond acceptors (Lipinski definition) is 3. The molecule has 2 rings (SSSR count). The van der Waals surface area contributed by atoms with Crippen LogP contribution >= 0.6 is 23.2 Å².